The third-order valence-electron chi connectivity index (χ3n) is 4.05. The number of hydrogen-bond donors (Lipinski definition) is 1. The van der Waals surface area contributed by atoms with Gasteiger partial charge in [0.2, 0.25) is 0 Å². The van der Waals surface area contributed by atoms with Gasteiger partial charge in [-0.1, -0.05) is 6.07 Å². The second-order valence-corrected chi connectivity index (χ2v) is 5.68. The van der Waals surface area contributed by atoms with Crippen molar-refractivity contribution in [2.75, 3.05) is 19.8 Å². The number of nitrogens with two attached hydrogens (primary N) is 1. The van der Waals surface area contributed by atoms with Crippen LogP contribution in [0.1, 0.15) is 23.2 Å². The monoisotopic (exact) mass is 330 g/mol. The van der Waals surface area contributed by atoms with E-state index < -0.39 is 24.2 Å². The fraction of sp³-hybridized carbons (Fsp3) is 0.533. The van der Waals surface area contributed by atoms with Gasteiger partial charge in [-0.05, 0) is 25.0 Å². The summed E-state index contributed by atoms with van der Waals surface area (Å²) in [6, 6.07) is 2.34. The Kier molecular flexibility index (Phi) is 4.09. The minimum absolute atomic E-state index is 0.0746. The Morgan fingerprint density at radius 2 is 1.96 bits per heavy atom. The number of nitrogens with zero attached hydrogens (tertiary/aromatic N) is 1. The SMILES string of the molecule is N[C@@H]1CC[C@H](C(F)(F)F)N(C(=O)c2cccc3c2OCCO3)C1. The highest BCUT2D eigenvalue weighted by atomic mass is 19.4. The van der Waals surface area contributed by atoms with Gasteiger partial charge in [-0.2, -0.15) is 13.2 Å². The number of amides is 1. The number of ether oxygens (including phenoxy) is 2. The van der Waals surface area contributed by atoms with Gasteiger partial charge in [-0.3, -0.25) is 4.79 Å². The van der Waals surface area contributed by atoms with Crippen LogP contribution in [0.3, 0.4) is 0 Å². The van der Waals surface area contributed by atoms with Crippen LogP contribution < -0.4 is 15.2 Å². The first-order chi connectivity index (χ1) is 10.9. The van der Waals surface area contributed by atoms with Crippen LogP contribution in [0.4, 0.5) is 13.2 Å². The predicted octanol–water partition coefficient (Wildman–Crippen LogP) is 1.95. The molecule has 0 radical (unpaired) electrons. The molecule has 2 aliphatic heterocycles. The van der Waals surface area contributed by atoms with Crippen LogP contribution >= 0.6 is 0 Å². The lowest BCUT2D eigenvalue weighted by Crippen LogP contribution is -2.56. The van der Waals surface area contributed by atoms with E-state index in [1.54, 1.807) is 12.1 Å². The van der Waals surface area contributed by atoms with Gasteiger partial charge in [0.1, 0.15) is 19.3 Å². The van der Waals surface area contributed by atoms with Gasteiger partial charge in [-0.25, -0.2) is 0 Å². The number of carbonyl (C=O) groups excluding carboxylic acids is 1. The highest BCUT2D eigenvalue weighted by molar-refractivity contribution is 5.98. The van der Waals surface area contributed by atoms with E-state index in [0.29, 0.717) is 12.4 Å². The lowest BCUT2D eigenvalue weighted by Gasteiger charge is -2.39. The van der Waals surface area contributed by atoms with Crippen LogP contribution in [0.5, 0.6) is 11.5 Å². The zero-order valence-electron chi connectivity index (χ0n) is 12.3. The molecule has 2 N–H and O–H groups in total. The van der Waals surface area contributed by atoms with E-state index in [9.17, 15) is 18.0 Å². The van der Waals surface area contributed by atoms with Crippen molar-refractivity contribution in [1.82, 2.24) is 4.90 Å². The average molecular weight is 330 g/mol. The minimum atomic E-state index is -4.48. The molecule has 1 amide bonds. The van der Waals surface area contributed by atoms with E-state index >= 15 is 0 Å². The summed E-state index contributed by atoms with van der Waals surface area (Å²) in [5.74, 6) is -0.166. The van der Waals surface area contributed by atoms with Crippen LogP contribution in [-0.2, 0) is 0 Å². The van der Waals surface area contributed by atoms with Crippen LogP contribution in [-0.4, -0.2) is 48.8 Å². The molecule has 8 heteroatoms. The molecule has 0 bridgehead atoms. The molecule has 23 heavy (non-hydrogen) atoms. The number of alkyl halides is 3. The number of likely N-dealkylation sites (tertiary alicyclic amines) is 1. The zero-order chi connectivity index (χ0) is 16.6. The molecule has 2 atom stereocenters. The molecule has 126 valence electrons. The van der Waals surface area contributed by atoms with Crippen molar-refractivity contribution in [3.05, 3.63) is 23.8 Å². The van der Waals surface area contributed by atoms with Gasteiger partial charge in [0.05, 0.1) is 5.56 Å². The number of fused-ring (bicyclic) bond motifs is 1. The fourth-order valence-electron chi connectivity index (χ4n) is 2.96. The maximum absolute atomic E-state index is 13.2. The van der Waals surface area contributed by atoms with Crippen LogP contribution in [0.15, 0.2) is 18.2 Å². The van der Waals surface area contributed by atoms with Gasteiger partial charge in [0.15, 0.2) is 11.5 Å². The third-order valence-corrected chi connectivity index (χ3v) is 4.05. The molecule has 2 aliphatic rings. The van der Waals surface area contributed by atoms with Crippen molar-refractivity contribution in [2.45, 2.75) is 31.1 Å². The summed E-state index contributed by atoms with van der Waals surface area (Å²) in [4.78, 5) is 13.5. The van der Waals surface area contributed by atoms with Crippen molar-refractivity contribution in [3.63, 3.8) is 0 Å². The third kappa shape index (κ3) is 3.08. The second-order valence-electron chi connectivity index (χ2n) is 5.68. The van der Waals surface area contributed by atoms with E-state index in [2.05, 4.69) is 0 Å². The molecule has 1 aromatic carbocycles. The summed E-state index contributed by atoms with van der Waals surface area (Å²) in [7, 11) is 0. The van der Waals surface area contributed by atoms with Gasteiger partial charge >= 0.3 is 6.18 Å². The smallest absolute Gasteiger partial charge is 0.408 e. The number of para-hydroxylation sites is 1. The van der Waals surface area contributed by atoms with E-state index in [4.69, 9.17) is 15.2 Å². The Morgan fingerprint density at radius 3 is 2.70 bits per heavy atom. The van der Waals surface area contributed by atoms with E-state index in [1.807, 2.05) is 0 Å². The maximum atomic E-state index is 13.2. The first-order valence-corrected chi connectivity index (χ1v) is 7.40. The molecule has 2 heterocycles. The van der Waals surface area contributed by atoms with E-state index in [0.717, 1.165) is 4.90 Å². The first kappa shape index (κ1) is 15.9. The molecule has 0 saturated carbocycles. The molecule has 1 aromatic rings. The molecule has 0 unspecified atom stereocenters. The molecule has 1 saturated heterocycles. The Bertz CT molecular complexity index is 606. The van der Waals surface area contributed by atoms with E-state index in [1.165, 1.54) is 6.07 Å². The molecule has 0 spiro atoms. The van der Waals surface area contributed by atoms with Gasteiger partial charge < -0.3 is 20.1 Å². The highest BCUT2D eigenvalue weighted by Crippen LogP contribution is 2.37. The Morgan fingerprint density at radius 1 is 1.22 bits per heavy atom. The number of hydrogen-bond acceptors (Lipinski definition) is 4. The Balaban J connectivity index is 1.94. The van der Waals surface area contributed by atoms with Gasteiger partial charge in [-0.15, -0.1) is 0 Å². The summed E-state index contributed by atoms with van der Waals surface area (Å²) in [6.45, 7) is 0.456. The average Bonchev–Trinajstić information content (AvgIpc) is 2.52. The molecule has 5 nitrogen and oxygen atoms in total. The number of benzene rings is 1. The van der Waals surface area contributed by atoms with Gasteiger partial charge in [0.25, 0.3) is 5.91 Å². The summed E-state index contributed by atoms with van der Waals surface area (Å²) in [6.07, 6.45) is -4.44. The normalized spacial score (nSPS) is 24.4. The second kappa shape index (κ2) is 5.92. The largest absolute Gasteiger partial charge is 0.486 e. The first-order valence-electron chi connectivity index (χ1n) is 7.40. The Labute approximate surface area is 131 Å². The lowest BCUT2D eigenvalue weighted by molar-refractivity contribution is -0.184. The molecule has 0 aromatic heterocycles. The maximum Gasteiger partial charge on any atom is 0.408 e. The molecular weight excluding hydrogens is 313 g/mol. The molecule has 1 fully saturated rings. The van der Waals surface area contributed by atoms with Gasteiger partial charge in [0, 0.05) is 12.6 Å². The van der Waals surface area contributed by atoms with Crippen molar-refractivity contribution in [1.29, 1.82) is 0 Å². The summed E-state index contributed by atoms with van der Waals surface area (Å²) in [5.41, 5.74) is 5.84. The fourth-order valence-corrected chi connectivity index (χ4v) is 2.96. The van der Waals surface area contributed by atoms with Crippen LogP contribution in [0, 0.1) is 0 Å². The summed E-state index contributed by atoms with van der Waals surface area (Å²) in [5, 5.41) is 0. The number of rotatable bonds is 1. The number of carbonyl (C=O) groups is 1. The van der Waals surface area contributed by atoms with Crippen molar-refractivity contribution >= 4 is 5.91 Å². The Hall–Kier alpha value is -1.96. The summed E-state index contributed by atoms with van der Waals surface area (Å²) >= 11 is 0. The predicted molar refractivity (Wildman–Crippen MR) is 75.5 cm³/mol. The highest BCUT2D eigenvalue weighted by Gasteiger charge is 2.48. The molecule has 3 rings (SSSR count). The van der Waals surface area contributed by atoms with Crippen LogP contribution in [0.2, 0.25) is 0 Å². The van der Waals surface area contributed by atoms with Crippen molar-refractivity contribution in [2.24, 2.45) is 5.73 Å². The molecule has 0 aliphatic carbocycles. The topological polar surface area (TPSA) is 64.8 Å². The zero-order valence-corrected chi connectivity index (χ0v) is 12.3. The standard InChI is InChI=1S/C15H17F3N2O3/c16-15(17,18)12-5-4-9(19)8-20(12)14(21)10-2-1-3-11-13(10)23-7-6-22-11/h1-3,9,12H,4-8,19H2/t9-,12-/m1/s1. The lowest BCUT2D eigenvalue weighted by atomic mass is 9.97. The van der Waals surface area contributed by atoms with Crippen LogP contribution in [0.25, 0.3) is 0 Å². The number of halogens is 3. The number of piperidine rings is 1. The minimum Gasteiger partial charge on any atom is -0.486 e. The van der Waals surface area contributed by atoms with Crippen molar-refractivity contribution in [3.8, 4) is 11.5 Å². The van der Waals surface area contributed by atoms with Crippen molar-refractivity contribution < 1.29 is 27.4 Å². The van der Waals surface area contributed by atoms with E-state index in [-0.39, 0.29) is 37.3 Å². The quantitative estimate of drug-likeness (QED) is 0.855. The summed E-state index contributed by atoms with van der Waals surface area (Å²) < 4.78 is 50.5. The molecular formula is C15H17F3N2O3.